The maximum absolute atomic E-state index is 12.7. The Morgan fingerprint density at radius 3 is 2.97 bits per heavy atom. The number of nitrogens with zero attached hydrogens (tertiary/aromatic N) is 4. The molecule has 9 nitrogen and oxygen atoms in total. The minimum atomic E-state index is -2.79. The minimum absolute atomic E-state index is 0.105. The number of fused-ring (bicyclic) bond motifs is 2. The summed E-state index contributed by atoms with van der Waals surface area (Å²) in [7, 11) is 1.87. The molecule has 2 aromatic heterocycles. The lowest BCUT2D eigenvalue weighted by Gasteiger charge is -2.26. The monoisotopic (exact) mass is 459 g/mol. The lowest BCUT2D eigenvalue weighted by Crippen LogP contribution is -2.43. The van der Waals surface area contributed by atoms with Crippen molar-refractivity contribution in [1.82, 2.24) is 24.9 Å². The Kier molecular flexibility index (Phi) is 5.71. The van der Waals surface area contributed by atoms with Gasteiger partial charge in [-0.1, -0.05) is 6.07 Å². The lowest BCUT2D eigenvalue weighted by atomic mass is 9.98. The van der Waals surface area contributed by atoms with E-state index >= 15 is 0 Å². The second-order valence-electron chi connectivity index (χ2n) is 8.12. The van der Waals surface area contributed by atoms with Crippen LogP contribution in [0.2, 0.25) is 0 Å². The van der Waals surface area contributed by atoms with E-state index in [2.05, 4.69) is 26.3 Å². The summed E-state index contributed by atoms with van der Waals surface area (Å²) in [6, 6.07) is 7.35. The number of ether oxygens (including phenoxy) is 3. The molecule has 4 heterocycles. The number of aryl methyl sites for hydroxylation is 1. The first-order valence-electron chi connectivity index (χ1n) is 10.6. The number of alkyl halides is 2. The summed E-state index contributed by atoms with van der Waals surface area (Å²) in [5.74, 6) is 0.927. The van der Waals surface area contributed by atoms with E-state index in [-0.39, 0.29) is 30.4 Å². The van der Waals surface area contributed by atoms with Crippen LogP contribution in [0.25, 0.3) is 11.1 Å². The van der Waals surface area contributed by atoms with Crippen LogP contribution in [-0.4, -0.2) is 57.4 Å². The summed E-state index contributed by atoms with van der Waals surface area (Å²) < 4.78 is 43.3. The van der Waals surface area contributed by atoms with Gasteiger partial charge in [0, 0.05) is 31.3 Å². The van der Waals surface area contributed by atoms with Gasteiger partial charge in [-0.2, -0.15) is 19.0 Å². The number of halogens is 2. The zero-order chi connectivity index (χ0) is 22.9. The van der Waals surface area contributed by atoms with Crippen LogP contribution in [0.1, 0.15) is 22.5 Å². The van der Waals surface area contributed by atoms with E-state index in [0.717, 1.165) is 22.4 Å². The van der Waals surface area contributed by atoms with Crippen LogP contribution in [0, 0.1) is 0 Å². The molecule has 2 atom stereocenters. The lowest BCUT2D eigenvalue weighted by molar-refractivity contribution is -0.132. The zero-order valence-corrected chi connectivity index (χ0v) is 17.9. The minimum Gasteiger partial charge on any atom is -0.491 e. The zero-order valence-electron chi connectivity index (χ0n) is 17.9. The van der Waals surface area contributed by atoms with Gasteiger partial charge in [0.15, 0.2) is 5.69 Å². The van der Waals surface area contributed by atoms with Crippen LogP contribution in [0.5, 0.6) is 11.6 Å². The Morgan fingerprint density at radius 1 is 1.33 bits per heavy atom. The molecule has 0 fully saturated rings. The SMILES string of the molecule is Cn1cc(-c2ccc3c(c2)C[C@@H](NC(=O)c2cc4n(n2)C[C@H](CCOC(F)F)O4)CO3)cn1. The van der Waals surface area contributed by atoms with Gasteiger partial charge >= 0.3 is 6.61 Å². The van der Waals surface area contributed by atoms with Crippen molar-refractivity contribution in [1.29, 1.82) is 0 Å². The Hall–Kier alpha value is -3.47. The van der Waals surface area contributed by atoms with Crippen molar-refractivity contribution < 1.29 is 27.8 Å². The van der Waals surface area contributed by atoms with Gasteiger partial charge in [0.1, 0.15) is 18.5 Å². The van der Waals surface area contributed by atoms with Gasteiger partial charge in [-0.15, -0.1) is 0 Å². The average Bonchev–Trinajstić information content (AvgIpc) is 3.48. The van der Waals surface area contributed by atoms with E-state index in [1.807, 2.05) is 25.4 Å². The second-order valence-corrected chi connectivity index (χ2v) is 8.12. The highest BCUT2D eigenvalue weighted by Gasteiger charge is 2.28. The van der Waals surface area contributed by atoms with E-state index in [0.29, 0.717) is 31.9 Å². The number of hydrogen-bond donors (Lipinski definition) is 1. The molecule has 0 radical (unpaired) electrons. The Labute approximate surface area is 188 Å². The number of nitrogens with one attached hydrogen (secondary N) is 1. The molecule has 0 bridgehead atoms. The van der Waals surface area contributed by atoms with Gasteiger partial charge in [0.25, 0.3) is 5.91 Å². The molecule has 174 valence electrons. The number of rotatable bonds is 7. The third-order valence-corrected chi connectivity index (χ3v) is 5.66. The molecule has 1 amide bonds. The molecule has 1 aromatic carbocycles. The highest BCUT2D eigenvalue weighted by atomic mass is 19.3. The Bertz CT molecular complexity index is 1140. The van der Waals surface area contributed by atoms with Crippen molar-refractivity contribution in [3.63, 3.8) is 0 Å². The first-order chi connectivity index (χ1) is 15.9. The van der Waals surface area contributed by atoms with Gasteiger partial charge in [-0.3, -0.25) is 9.48 Å². The summed E-state index contributed by atoms with van der Waals surface area (Å²) >= 11 is 0. The average molecular weight is 459 g/mol. The normalized spacial score (nSPS) is 19.0. The molecule has 5 rings (SSSR count). The number of hydrogen-bond acceptors (Lipinski definition) is 6. The Morgan fingerprint density at radius 2 is 2.21 bits per heavy atom. The van der Waals surface area contributed by atoms with Crippen LogP contribution < -0.4 is 14.8 Å². The van der Waals surface area contributed by atoms with E-state index in [9.17, 15) is 13.6 Å². The summed E-state index contributed by atoms with van der Waals surface area (Å²) in [6.07, 6.45) is 4.39. The molecular formula is C22H23F2N5O4. The fraction of sp³-hybridized carbons (Fsp3) is 0.409. The van der Waals surface area contributed by atoms with E-state index in [1.165, 1.54) is 0 Å². The third-order valence-electron chi connectivity index (χ3n) is 5.66. The molecule has 3 aromatic rings. The van der Waals surface area contributed by atoms with Crippen molar-refractivity contribution >= 4 is 5.91 Å². The maximum atomic E-state index is 12.7. The molecule has 0 unspecified atom stereocenters. The molecule has 33 heavy (non-hydrogen) atoms. The van der Waals surface area contributed by atoms with Crippen molar-refractivity contribution in [2.24, 2.45) is 7.05 Å². The molecule has 0 aliphatic carbocycles. The van der Waals surface area contributed by atoms with Gasteiger partial charge in [-0.05, 0) is 29.7 Å². The van der Waals surface area contributed by atoms with Crippen molar-refractivity contribution in [2.75, 3.05) is 13.2 Å². The van der Waals surface area contributed by atoms with Gasteiger partial charge < -0.3 is 19.5 Å². The van der Waals surface area contributed by atoms with Crippen LogP contribution in [0.15, 0.2) is 36.7 Å². The molecule has 0 spiro atoms. The smallest absolute Gasteiger partial charge is 0.345 e. The standard InChI is InChI=1S/C22H23F2N5O4/c1-28-10-15(9-25-28)13-2-3-19-14(6-13)7-16(12-32-19)26-21(30)18-8-20-29(27-18)11-17(33-20)4-5-31-22(23)24/h2-3,6,8-10,16-17,22H,4-5,7,11-12H2,1H3,(H,26,30)/t16-,17+/m1/s1. The topological polar surface area (TPSA) is 92.4 Å². The van der Waals surface area contributed by atoms with Crippen molar-refractivity contribution in [2.45, 2.75) is 38.1 Å². The Balaban J connectivity index is 1.19. The fourth-order valence-electron chi connectivity index (χ4n) is 4.07. The number of carbonyl (C=O) groups is 1. The van der Waals surface area contributed by atoms with Gasteiger partial charge in [0.05, 0.1) is 25.4 Å². The summed E-state index contributed by atoms with van der Waals surface area (Å²) in [4.78, 5) is 12.7. The molecule has 0 saturated carbocycles. The van der Waals surface area contributed by atoms with Gasteiger partial charge in [0.2, 0.25) is 5.88 Å². The molecule has 2 aliphatic heterocycles. The summed E-state index contributed by atoms with van der Waals surface area (Å²) in [6.45, 7) is -2.16. The number of benzene rings is 1. The number of amides is 1. The predicted molar refractivity (Wildman–Crippen MR) is 112 cm³/mol. The fourth-order valence-corrected chi connectivity index (χ4v) is 4.07. The largest absolute Gasteiger partial charge is 0.491 e. The molecule has 1 N–H and O–H groups in total. The second kappa shape index (κ2) is 8.81. The number of aromatic nitrogens is 4. The van der Waals surface area contributed by atoms with Gasteiger partial charge in [-0.25, -0.2) is 4.68 Å². The first-order valence-corrected chi connectivity index (χ1v) is 10.6. The molecular weight excluding hydrogens is 436 g/mol. The summed E-state index contributed by atoms with van der Waals surface area (Å²) in [5, 5.41) is 11.5. The van der Waals surface area contributed by atoms with Crippen LogP contribution in [-0.2, 0) is 24.8 Å². The van der Waals surface area contributed by atoms with Crippen LogP contribution >= 0.6 is 0 Å². The quantitative estimate of drug-likeness (QED) is 0.584. The van der Waals surface area contributed by atoms with Crippen molar-refractivity contribution in [3.05, 3.63) is 47.9 Å². The number of carbonyl (C=O) groups excluding carboxylic acids is 1. The molecule has 11 heteroatoms. The highest BCUT2D eigenvalue weighted by molar-refractivity contribution is 5.92. The first kappa shape index (κ1) is 21.4. The molecule has 0 saturated heterocycles. The van der Waals surface area contributed by atoms with E-state index in [4.69, 9.17) is 9.47 Å². The maximum Gasteiger partial charge on any atom is 0.345 e. The van der Waals surface area contributed by atoms with E-state index in [1.54, 1.807) is 21.6 Å². The summed E-state index contributed by atoms with van der Waals surface area (Å²) in [5.41, 5.74) is 3.30. The van der Waals surface area contributed by atoms with E-state index < -0.39 is 6.61 Å². The molecule has 2 aliphatic rings. The predicted octanol–water partition coefficient (Wildman–Crippen LogP) is 2.41. The van der Waals surface area contributed by atoms with Crippen LogP contribution in [0.4, 0.5) is 8.78 Å². The van der Waals surface area contributed by atoms with Crippen molar-refractivity contribution in [3.8, 4) is 22.8 Å². The third kappa shape index (κ3) is 4.68. The highest BCUT2D eigenvalue weighted by Crippen LogP contribution is 2.30. The van der Waals surface area contributed by atoms with Crippen LogP contribution in [0.3, 0.4) is 0 Å².